The van der Waals surface area contributed by atoms with Gasteiger partial charge in [-0.1, -0.05) is 11.3 Å². The zero-order valence-corrected chi connectivity index (χ0v) is 13.2. The van der Waals surface area contributed by atoms with Crippen LogP contribution in [-0.2, 0) is 9.47 Å². The van der Waals surface area contributed by atoms with Crippen LogP contribution in [0.25, 0.3) is 0 Å². The highest BCUT2D eigenvalue weighted by Gasteiger charge is 2.24. The van der Waals surface area contributed by atoms with Crippen molar-refractivity contribution in [2.45, 2.75) is 18.9 Å². The first-order valence-corrected chi connectivity index (χ1v) is 7.79. The van der Waals surface area contributed by atoms with Crippen molar-refractivity contribution in [2.24, 2.45) is 0 Å². The smallest absolute Gasteiger partial charge is 0.267 e. The van der Waals surface area contributed by atoms with Crippen LogP contribution < -0.4 is 11.1 Å². The maximum Gasteiger partial charge on any atom is 0.267 e. The lowest BCUT2D eigenvalue weighted by atomic mass is 10.2. The number of aromatic nitrogens is 1. The molecule has 1 amide bonds. The Hall–Kier alpha value is -1.38. The van der Waals surface area contributed by atoms with Gasteiger partial charge in [-0.05, 0) is 12.8 Å². The molecule has 1 saturated heterocycles. The van der Waals surface area contributed by atoms with Crippen LogP contribution in [0.15, 0.2) is 0 Å². The van der Waals surface area contributed by atoms with Crippen LogP contribution in [0.2, 0.25) is 0 Å². The SMILES string of the molecule is COCCNc1nc(N)c(C(=O)N(C)CC2CCCO2)s1. The monoisotopic (exact) mass is 314 g/mol. The lowest BCUT2D eigenvalue weighted by Crippen LogP contribution is -2.34. The summed E-state index contributed by atoms with van der Waals surface area (Å²) in [6.07, 6.45) is 2.19. The van der Waals surface area contributed by atoms with Gasteiger partial charge in [-0.25, -0.2) is 4.98 Å². The molecule has 0 aromatic carbocycles. The minimum atomic E-state index is -0.111. The molecule has 1 unspecified atom stereocenters. The van der Waals surface area contributed by atoms with Crippen molar-refractivity contribution < 1.29 is 14.3 Å². The molecule has 118 valence electrons. The van der Waals surface area contributed by atoms with Crippen LogP contribution in [0.1, 0.15) is 22.5 Å². The van der Waals surface area contributed by atoms with E-state index in [0.29, 0.717) is 29.7 Å². The molecule has 0 bridgehead atoms. The first-order chi connectivity index (χ1) is 10.1. The quantitative estimate of drug-likeness (QED) is 0.731. The molecule has 7 nitrogen and oxygen atoms in total. The molecule has 3 N–H and O–H groups in total. The van der Waals surface area contributed by atoms with E-state index in [4.69, 9.17) is 15.2 Å². The van der Waals surface area contributed by atoms with E-state index in [2.05, 4.69) is 10.3 Å². The van der Waals surface area contributed by atoms with E-state index in [-0.39, 0.29) is 17.8 Å². The molecule has 1 aliphatic rings. The van der Waals surface area contributed by atoms with E-state index in [0.717, 1.165) is 19.4 Å². The molecule has 21 heavy (non-hydrogen) atoms. The molecule has 1 aromatic rings. The number of ether oxygens (including phenoxy) is 2. The summed E-state index contributed by atoms with van der Waals surface area (Å²) in [7, 11) is 3.40. The molecule has 8 heteroatoms. The Balaban J connectivity index is 1.94. The molecular formula is C13H22N4O3S. The maximum atomic E-state index is 12.4. The number of nitrogens with one attached hydrogen (secondary N) is 1. The van der Waals surface area contributed by atoms with E-state index in [1.54, 1.807) is 19.1 Å². The average Bonchev–Trinajstić information content (AvgIpc) is 3.08. The number of anilines is 2. The number of nitrogens with two attached hydrogens (primary N) is 1. The normalized spacial score (nSPS) is 17.9. The number of hydrogen-bond donors (Lipinski definition) is 2. The van der Waals surface area contributed by atoms with Crippen LogP contribution in [0.4, 0.5) is 10.9 Å². The van der Waals surface area contributed by atoms with E-state index in [1.807, 2.05) is 0 Å². The van der Waals surface area contributed by atoms with E-state index in [9.17, 15) is 4.79 Å². The summed E-state index contributed by atoms with van der Waals surface area (Å²) >= 11 is 1.27. The van der Waals surface area contributed by atoms with Crippen LogP contribution in [-0.4, -0.2) is 62.4 Å². The number of nitrogen functional groups attached to an aromatic ring is 1. The molecule has 0 aliphatic carbocycles. The predicted octanol–water partition coefficient (Wildman–Crippen LogP) is 1.03. The van der Waals surface area contributed by atoms with Crippen molar-refractivity contribution in [3.8, 4) is 0 Å². The number of carbonyl (C=O) groups is 1. The second-order valence-corrected chi connectivity index (χ2v) is 5.97. The van der Waals surface area contributed by atoms with Crippen molar-refractivity contribution in [1.29, 1.82) is 0 Å². The van der Waals surface area contributed by atoms with E-state index in [1.165, 1.54) is 11.3 Å². The zero-order chi connectivity index (χ0) is 15.2. The van der Waals surface area contributed by atoms with Crippen molar-refractivity contribution in [2.75, 3.05) is 51.5 Å². The fourth-order valence-corrected chi connectivity index (χ4v) is 3.08. The molecule has 0 radical (unpaired) electrons. The summed E-state index contributed by atoms with van der Waals surface area (Å²) in [5, 5.41) is 3.72. The molecule has 1 aliphatic heterocycles. The zero-order valence-electron chi connectivity index (χ0n) is 12.4. The van der Waals surface area contributed by atoms with Crippen molar-refractivity contribution in [3.63, 3.8) is 0 Å². The number of carbonyl (C=O) groups excluding carboxylic acids is 1. The van der Waals surface area contributed by atoms with Gasteiger partial charge < -0.3 is 25.4 Å². The van der Waals surface area contributed by atoms with E-state index < -0.39 is 0 Å². The molecule has 1 atom stereocenters. The van der Waals surface area contributed by atoms with Crippen molar-refractivity contribution >= 4 is 28.2 Å². The van der Waals surface area contributed by atoms with Crippen LogP contribution >= 0.6 is 11.3 Å². The molecule has 2 heterocycles. The summed E-state index contributed by atoms with van der Waals surface area (Å²) in [5.41, 5.74) is 5.84. The number of nitrogens with zero attached hydrogens (tertiary/aromatic N) is 2. The highest BCUT2D eigenvalue weighted by Crippen LogP contribution is 2.26. The molecule has 1 fully saturated rings. The maximum absolute atomic E-state index is 12.4. The molecule has 2 rings (SSSR count). The molecule has 1 aromatic heterocycles. The van der Waals surface area contributed by atoms with Gasteiger partial charge in [0, 0.05) is 33.9 Å². The minimum Gasteiger partial charge on any atom is -0.383 e. The third-order valence-electron chi connectivity index (χ3n) is 3.28. The average molecular weight is 314 g/mol. The van der Waals surface area contributed by atoms with Crippen molar-refractivity contribution in [1.82, 2.24) is 9.88 Å². The number of likely N-dealkylation sites (N-methyl/N-ethyl adjacent to an activating group) is 1. The number of hydrogen-bond acceptors (Lipinski definition) is 7. The lowest BCUT2D eigenvalue weighted by molar-refractivity contribution is 0.0591. The van der Waals surface area contributed by atoms with Gasteiger partial charge in [0.25, 0.3) is 5.91 Å². The van der Waals surface area contributed by atoms with Crippen LogP contribution in [0, 0.1) is 0 Å². The first-order valence-electron chi connectivity index (χ1n) is 6.98. The standard InChI is InChI=1S/C13H22N4O3S/c1-17(8-9-4-3-6-20-9)12(18)10-11(14)16-13(21-10)15-5-7-19-2/h9H,3-8,14H2,1-2H3,(H,15,16). The summed E-state index contributed by atoms with van der Waals surface area (Å²) in [5.74, 6) is 0.157. The Labute approximate surface area is 128 Å². The van der Waals surface area contributed by atoms with E-state index >= 15 is 0 Å². The number of amides is 1. The second-order valence-electron chi connectivity index (χ2n) is 4.97. The largest absolute Gasteiger partial charge is 0.383 e. The highest BCUT2D eigenvalue weighted by molar-refractivity contribution is 7.18. The topological polar surface area (TPSA) is 89.7 Å². The fourth-order valence-electron chi connectivity index (χ4n) is 2.17. The lowest BCUT2D eigenvalue weighted by Gasteiger charge is -2.20. The van der Waals surface area contributed by atoms with Gasteiger partial charge in [-0.2, -0.15) is 0 Å². The first kappa shape index (κ1) is 16.0. The Morgan fingerprint density at radius 1 is 1.67 bits per heavy atom. The van der Waals surface area contributed by atoms with Crippen molar-refractivity contribution in [3.05, 3.63) is 4.88 Å². The summed E-state index contributed by atoms with van der Waals surface area (Å²) in [6.45, 7) is 2.57. The number of thiazole rings is 1. The highest BCUT2D eigenvalue weighted by atomic mass is 32.1. The number of methoxy groups -OCH3 is 1. The van der Waals surface area contributed by atoms with Gasteiger partial charge in [0.15, 0.2) is 5.13 Å². The summed E-state index contributed by atoms with van der Waals surface area (Å²) < 4.78 is 10.5. The number of rotatable bonds is 7. The third kappa shape index (κ3) is 4.29. The summed E-state index contributed by atoms with van der Waals surface area (Å²) in [6, 6.07) is 0. The molecule has 0 spiro atoms. The minimum absolute atomic E-state index is 0.111. The third-order valence-corrected chi connectivity index (χ3v) is 4.30. The van der Waals surface area contributed by atoms with Gasteiger partial charge in [-0.15, -0.1) is 0 Å². The predicted molar refractivity (Wildman–Crippen MR) is 82.8 cm³/mol. The second kappa shape index (κ2) is 7.58. The van der Waals surface area contributed by atoms with Gasteiger partial charge >= 0.3 is 0 Å². The Bertz CT molecular complexity index is 474. The molecule has 0 saturated carbocycles. The van der Waals surface area contributed by atoms with Crippen LogP contribution in [0.3, 0.4) is 0 Å². The van der Waals surface area contributed by atoms with Gasteiger partial charge in [-0.3, -0.25) is 4.79 Å². The fraction of sp³-hybridized carbons (Fsp3) is 0.692. The van der Waals surface area contributed by atoms with Gasteiger partial charge in [0.1, 0.15) is 10.7 Å². The van der Waals surface area contributed by atoms with Crippen LogP contribution in [0.5, 0.6) is 0 Å². The summed E-state index contributed by atoms with van der Waals surface area (Å²) in [4.78, 5) is 18.7. The van der Waals surface area contributed by atoms with Gasteiger partial charge in [0.2, 0.25) is 0 Å². The Morgan fingerprint density at radius 2 is 2.48 bits per heavy atom. The Kier molecular flexibility index (Phi) is 5.77. The Morgan fingerprint density at radius 3 is 3.14 bits per heavy atom. The van der Waals surface area contributed by atoms with Gasteiger partial charge in [0.05, 0.1) is 12.7 Å². The molecular weight excluding hydrogens is 292 g/mol.